The molecule has 1 saturated heterocycles. The van der Waals surface area contributed by atoms with E-state index in [0.29, 0.717) is 24.0 Å². The van der Waals surface area contributed by atoms with Gasteiger partial charge < -0.3 is 5.73 Å². The molecule has 0 aromatic heterocycles. The Morgan fingerprint density at radius 2 is 1.88 bits per heavy atom. The van der Waals surface area contributed by atoms with Gasteiger partial charge in [-0.3, -0.25) is 0 Å². The van der Waals surface area contributed by atoms with Crippen LogP contribution in [0.25, 0.3) is 0 Å². The third-order valence-electron chi connectivity index (χ3n) is 4.78. The molecule has 0 aromatic rings. The Labute approximate surface area is 98.7 Å². The van der Waals surface area contributed by atoms with Crippen molar-refractivity contribution in [2.75, 3.05) is 18.1 Å². The van der Waals surface area contributed by atoms with Crippen LogP contribution in [0, 0.1) is 17.3 Å². The molecule has 1 atom stereocenters. The van der Waals surface area contributed by atoms with Crippen LogP contribution in [0.5, 0.6) is 0 Å². The average molecular weight is 245 g/mol. The van der Waals surface area contributed by atoms with E-state index in [1.54, 1.807) is 0 Å². The minimum atomic E-state index is -2.76. The van der Waals surface area contributed by atoms with Gasteiger partial charge in [0.15, 0.2) is 9.84 Å². The Kier molecular flexibility index (Phi) is 3.32. The Bertz CT molecular complexity index is 342. The Hall–Kier alpha value is -0.0900. The van der Waals surface area contributed by atoms with Crippen LogP contribution in [0.3, 0.4) is 0 Å². The molecule has 1 aliphatic heterocycles. The van der Waals surface area contributed by atoms with Crippen LogP contribution in [0.4, 0.5) is 0 Å². The van der Waals surface area contributed by atoms with E-state index in [0.717, 1.165) is 25.2 Å². The van der Waals surface area contributed by atoms with Gasteiger partial charge in [-0.1, -0.05) is 19.8 Å². The van der Waals surface area contributed by atoms with Gasteiger partial charge in [-0.05, 0) is 43.1 Å². The van der Waals surface area contributed by atoms with Crippen molar-refractivity contribution >= 4 is 9.84 Å². The van der Waals surface area contributed by atoms with Crippen molar-refractivity contribution in [1.82, 2.24) is 0 Å². The second kappa shape index (κ2) is 4.30. The molecule has 4 heteroatoms. The maximum absolute atomic E-state index is 11.6. The lowest BCUT2D eigenvalue weighted by Crippen LogP contribution is -2.41. The Balaban J connectivity index is 2.11. The van der Waals surface area contributed by atoms with Crippen molar-refractivity contribution < 1.29 is 8.42 Å². The summed E-state index contributed by atoms with van der Waals surface area (Å²) in [5.74, 6) is 1.89. The fraction of sp³-hybridized carbons (Fsp3) is 1.00. The highest BCUT2D eigenvalue weighted by Gasteiger charge is 2.44. The van der Waals surface area contributed by atoms with Crippen molar-refractivity contribution in [1.29, 1.82) is 0 Å². The van der Waals surface area contributed by atoms with E-state index in [9.17, 15) is 8.42 Å². The topological polar surface area (TPSA) is 60.2 Å². The number of hydrogen-bond donors (Lipinski definition) is 1. The van der Waals surface area contributed by atoms with Crippen molar-refractivity contribution in [2.45, 2.75) is 39.0 Å². The van der Waals surface area contributed by atoms with E-state index in [4.69, 9.17) is 5.73 Å². The molecule has 0 radical (unpaired) electrons. The molecule has 2 N–H and O–H groups in total. The van der Waals surface area contributed by atoms with Crippen molar-refractivity contribution in [3.63, 3.8) is 0 Å². The van der Waals surface area contributed by atoms with Gasteiger partial charge in [-0.15, -0.1) is 0 Å². The fourth-order valence-electron chi connectivity index (χ4n) is 3.39. The number of sulfone groups is 1. The van der Waals surface area contributed by atoms with Crippen LogP contribution in [0.2, 0.25) is 0 Å². The van der Waals surface area contributed by atoms with Crippen molar-refractivity contribution in [2.24, 2.45) is 23.0 Å². The third kappa shape index (κ3) is 2.28. The lowest BCUT2D eigenvalue weighted by molar-refractivity contribution is 0.0983. The maximum atomic E-state index is 11.6. The molecule has 2 rings (SSSR count). The van der Waals surface area contributed by atoms with Gasteiger partial charge in [0.1, 0.15) is 0 Å². The van der Waals surface area contributed by atoms with E-state index in [1.807, 2.05) is 0 Å². The smallest absolute Gasteiger partial charge is 0.150 e. The molecule has 1 saturated carbocycles. The first-order valence-electron chi connectivity index (χ1n) is 6.38. The van der Waals surface area contributed by atoms with E-state index in [1.165, 1.54) is 12.8 Å². The minimum Gasteiger partial charge on any atom is -0.330 e. The van der Waals surface area contributed by atoms with Gasteiger partial charge in [-0.2, -0.15) is 0 Å². The Morgan fingerprint density at radius 1 is 1.25 bits per heavy atom. The van der Waals surface area contributed by atoms with Crippen LogP contribution in [-0.4, -0.2) is 26.5 Å². The number of nitrogens with two attached hydrogens (primary N) is 1. The first kappa shape index (κ1) is 12.4. The van der Waals surface area contributed by atoms with Crippen LogP contribution in [-0.2, 0) is 9.84 Å². The lowest BCUT2D eigenvalue weighted by Gasteiger charge is -2.42. The van der Waals surface area contributed by atoms with Gasteiger partial charge in [0.05, 0.1) is 11.5 Å². The SMILES string of the molecule is CC1CCC(CN)(C2CCS(=O)(=O)C2)CC1. The molecule has 0 bridgehead atoms. The predicted molar refractivity (Wildman–Crippen MR) is 65.9 cm³/mol. The normalized spacial score (nSPS) is 43.4. The zero-order valence-electron chi connectivity index (χ0n) is 10.1. The van der Waals surface area contributed by atoms with E-state index >= 15 is 0 Å². The zero-order chi connectivity index (χ0) is 11.8. The molecule has 1 heterocycles. The summed E-state index contributed by atoms with van der Waals surface area (Å²) in [6.45, 7) is 2.95. The predicted octanol–water partition coefficient (Wildman–Crippen LogP) is 1.58. The average Bonchev–Trinajstić information content (AvgIpc) is 2.61. The first-order valence-corrected chi connectivity index (χ1v) is 8.20. The summed E-state index contributed by atoms with van der Waals surface area (Å²) in [5, 5.41) is 0. The van der Waals surface area contributed by atoms with Gasteiger partial charge in [0.2, 0.25) is 0 Å². The molecule has 1 aliphatic carbocycles. The molecule has 1 unspecified atom stereocenters. The molecule has 0 amide bonds. The monoisotopic (exact) mass is 245 g/mol. The maximum Gasteiger partial charge on any atom is 0.150 e. The summed E-state index contributed by atoms with van der Waals surface area (Å²) in [6.07, 6.45) is 5.53. The largest absolute Gasteiger partial charge is 0.330 e. The lowest BCUT2D eigenvalue weighted by atomic mass is 9.63. The highest BCUT2D eigenvalue weighted by molar-refractivity contribution is 7.91. The summed E-state index contributed by atoms with van der Waals surface area (Å²) in [5.41, 5.74) is 6.09. The summed E-state index contributed by atoms with van der Waals surface area (Å²) in [6, 6.07) is 0. The summed E-state index contributed by atoms with van der Waals surface area (Å²) < 4.78 is 23.1. The van der Waals surface area contributed by atoms with Gasteiger partial charge in [0.25, 0.3) is 0 Å². The molecule has 0 spiro atoms. The third-order valence-corrected chi connectivity index (χ3v) is 6.54. The van der Waals surface area contributed by atoms with Gasteiger partial charge in [0, 0.05) is 0 Å². The quantitative estimate of drug-likeness (QED) is 0.803. The van der Waals surface area contributed by atoms with Crippen LogP contribution in [0.15, 0.2) is 0 Å². The van der Waals surface area contributed by atoms with E-state index < -0.39 is 9.84 Å². The molecule has 16 heavy (non-hydrogen) atoms. The first-order chi connectivity index (χ1) is 7.47. The van der Waals surface area contributed by atoms with E-state index in [-0.39, 0.29) is 5.41 Å². The molecule has 0 aromatic carbocycles. The summed E-state index contributed by atoms with van der Waals surface area (Å²) in [4.78, 5) is 0. The summed E-state index contributed by atoms with van der Waals surface area (Å²) >= 11 is 0. The molecule has 2 aliphatic rings. The highest BCUT2D eigenvalue weighted by Crippen LogP contribution is 2.47. The van der Waals surface area contributed by atoms with Crippen molar-refractivity contribution in [3.8, 4) is 0 Å². The number of hydrogen-bond acceptors (Lipinski definition) is 3. The Morgan fingerprint density at radius 3 is 2.31 bits per heavy atom. The fourth-order valence-corrected chi connectivity index (χ4v) is 5.34. The minimum absolute atomic E-state index is 0.135. The van der Waals surface area contributed by atoms with Crippen LogP contribution in [0.1, 0.15) is 39.0 Å². The van der Waals surface area contributed by atoms with Crippen molar-refractivity contribution in [3.05, 3.63) is 0 Å². The molecule has 3 nitrogen and oxygen atoms in total. The summed E-state index contributed by atoms with van der Waals surface area (Å²) in [7, 11) is -2.76. The zero-order valence-corrected chi connectivity index (χ0v) is 10.9. The van der Waals surface area contributed by atoms with Gasteiger partial charge >= 0.3 is 0 Å². The van der Waals surface area contributed by atoms with E-state index in [2.05, 4.69) is 6.92 Å². The molecular weight excluding hydrogens is 222 g/mol. The molecule has 2 fully saturated rings. The standard InChI is InChI=1S/C12H23NO2S/c1-10-2-5-12(9-13,6-3-10)11-4-7-16(14,15)8-11/h10-11H,2-9,13H2,1H3. The second-order valence-corrected chi connectivity index (χ2v) is 8.08. The molecular formula is C12H23NO2S. The molecule has 94 valence electrons. The van der Waals surface area contributed by atoms with Crippen LogP contribution < -0.4 is 5.73 Å². The van der Waals surface area contributed by atoms with Gasteiger partial charge in [-0.25, -0.2) is 8.42 Å². The number of rotatable bonds is 2. The second-order valence-electron chi connectivity index (χ2n) is 5.85. The van der Waals surface area contributed by atoms with Crippen LogP contribution >= 0.6 is 0 Å². The highest BCUT2D eigenvalue weighted by atomic mass is 32.2.